The lowest BCUT2D eigenvalue weighted by Crippen LogP contribution is -2.35. The Morgan fingerprint density at radius 3 is 2.18 bits per heavy atom. The van der Waals surface area contributed by atoms with Gasteiger partial charge < -0.3 is 4.57 Å². The molecule has 3 nitrogen and oxygen atoms in total. The smallest absolute Gasteiger partial charge is 0.0954 e. The monoisotopic (exact) mass is 299 g/mol. The molecule has 0 bridgehead atoms. The minimum atomic E-state index is -0.0396. The van der Waals surface area contributed by atoms with E-state index < -0.39 is 0 Å². The van der Waals surface area contributed by atoms with E-state index in [1.165, 1.54) is 44.2 Å². The third kappa shape index (κ3) is 3.96. The van der Waals surface area contributed by atoms with Crippen molar-refractivity contribution in [2.75, 3.05) is 0 Å². The maximum atomic E-state index is 4.72. The summed E-state index contributed by atoms with van der Waals surface area (Å²) in [6.45, 7) is 4.52. The minimum Gasteiger partial charge on any atom is -0.326 e. The zero-order chi connectivity index (χ0) is 15.7. The number of aromatic nitrogens is 3. The van der Waals surface area contributed by atoms with Gasteiger partial charge in [0.2, 0.25) is 0 Å². The molecular weight excluding hydrogens is 270 g/mol. The molecule has 2 rings (SSSR count). The number of rotatable bonds is 10. The summed E-state index contributed by atoms with van der Waals surface area (Å²) in [6.07, 6.45) is 17.7. The number of nitrogens with zero attached hydrogens (tertiary/aromatic N) is 3. The van der Waals surface area contributed by atoms with Gasteiger partial charge in [0.05, 0.1) is 17.6 Å². The van der Waals surface area contributed by atoms with Crippen LogP contribution in [0.5, 0.6) is 0 Å². The molecule has 0 aromatic carbocycles. The van der Waals surface area contributed by atoms with Crippen LogP contribution in [0.2, 0.25) is 0 Å². The molecule has 0 fully saturated rings. The van der Waals surface area contributed by atoms with E-state index in [0.29, 0.717) is 0 Å². The summed E-state index contributed by atoms with van der Waals surface area (Å²) in [6, 6.07) is 6.28. The molecule has 2 heterocycles. The highest BCUT2D eigenvalue weighted by molar-refractivity contribution is 5.18. The van der Waals surface area contributed by atoms with Crippen molar-refractivity contribution < 1.29 is 0 Å². The molecular formula is C19H29N3. The molecule has 0 N–H and O–H groups in total. The number of pyridine rings is 1. The molecule has 0 aliphatic heterocycles. The van der Waals surface area contributed by atoms with E-state index in [1.807, 2.05) is 24.8 Å². The third-order valence-corrected chi connectivity index (χ3v) is 4.53. The van der Waals surface area contributed by atoms with Crippen molar-refractivity contribution in [3.63, 3.8) is 0 Å². The van der Waals surface area contributed by atoms with Crippen molar-refractivity contribution >= 4 is 0 Å². The maximum absolute atomic E-state index is 4.72. The van der Waals surface area contributed by atoms with Crippen LogP contribution < -0.4 is 0 Å². The summed E-state index contributed by atoms with van der Waals surface area (Å²) >= 11 is 0. The highest BCUT2D eigenvalue weighted by atomic mass is 15.1. The molecule has 0 saturated heterocycles. The van der Waals surface area contributed by atoms with Gasteiger partial charge in [-0.15, -0.1) is 0 Å². The van der Waals surface area contributed by atoms with Crippen molar-refractivity contribution in [3.8, 4) is 0 Å². The Bertz CT molecular complexity index is 495. The molecule has 120 valence electrons. The van der Waals surface area contributed by atoms with E-state index in [0.717, 1.165) is 12.8 Å². The molecule has 0 unspecified atom stereocenters. The zero-order valence-corrected chi connectivity index (χ0v) is 14.0. The summed E-state index contributed by atoms with van der Waals surface area (Å²) in [5.74, 6) is 0. The molecule has 0 aliphatic rings. The van der Waals surface area contributed by atoms with Crippen LogP contribution in [-0.4, -0.2) is 14.5 Å². The summed E-state index contributed by atoms with van der Waals surface area (Å²) in [5.41, 5.74) is 1.14. The molecule has 0 spiro atoms. The second-order valence-corrected chi connectivity index (χ2v) is 6.13. The SMILES string of the molecule is CCCCCC(CCCCC)(c1ccccn1)n1ccnc1. The van der Waals surface area contributed by atoms with Gasteiger partial charge in [-0.1, -0.05) is 58.4 Å². The normalized spacial score (nSPS) is 11.7. The van der Waals surface area contributed by atoms with E-state index in [-0.39, 0.29) is 5.54 Å². The van der Waals surface area contributed by atoms with Crippen LogP contribution in [0.3, 0.4) is 0 Å². The Hall–Kier alpha value is -1.64. The van der Waals surface area contributed by atoms with Crippen molar-refractivity contribution in [1.29, 1.82) is 0 Å². The van der Waals surface area contributed by atoms with Crippen LogP contribution in [0.25, 0.3) is 0 Å². The van der Waals surface area contributed by atoms with Crippen LogP contribution in [0, 0.1) is 0 Å². The Balaban J connectivity index is 2.34. The topological polar surface area (TPSA) is 30.7 Å². The molecule has 0 aliphatic carbocycles. The highest BCUT2D eigenvalue weighted by Crippen LogP contribution is 2.36. The minimum absolute atomic E-state index is 0.0396. The van der Waals surface area contributed by atoms with Crippen LogP contribution in [0.15, 0.2) is 43.1 Å². The first-order valence-corrected chi connectivity index (χ1v) is 8.73. The molecule has 3 heteroatoms. The van der Waals surface area contributed by atoms with Crippen molar-refractivity contribution in [3.05, 3.63) is 48.8 Å². The first-order chi connectivity index (χ1) is 10.8. The van der Waals surface area contributed by atoms with Gasteiger partial charge in [-0.3, -0.25) is 4.98 Å². The average Bonchev–Trinajstić information content (AvgIpc) is 3.09. The quantitative estimate of drug-likeness (QED) is 0.566. The molecule has 0 atom stereocenters. The summed E-state index contributed by atoms with van der Waals surface area (Å²) < 4.78 is 2.29. The van der Waals surface area contributed by atoms with Gasteiger partial charge in [-0.05, 0) is 25.0 Å². The fraction of sp³-hybridized carbons (Fsp3) is 0.579. The maximum Gasteiger partial charge on any atom is 0.0954 e. The van der Waals surface area contributed by atoms with Crippen molar-refractivity contribution in [1.82, 2.24) is 14.5 Å². The summed E-state index contributed by atoms with van der Waals surface area (Å²) in [7, 11) is 0. The van der Waals surface area contributed by atoms with E-state index in [4.69, 9.17) is 4.98 Å². The van der Waals surface area contributed by atoms with Crippen molar-refractivity contribution in [2.45, 2.75) is 70.8 Å². The van der Waals surface area contributed by atoms with E-state index in [2.05, 4.69) is 41.7 Å². The predicted molar refractivity (Wildman–Crippen MR) is 91.8 cm³/mol. The van der Waals surface area contributed by atoms with Crippen LogP contribution in [0.4, 0.5) is 0 Å². The lowest BCUT2D eigenvalue weighted by Gasteiger charge is -2.35. The van der Waals surface area contributed by atoms with E-state index >= 15 is 0 Å². The van der Waals surface area contributed by atoms with Crippen molar-refractivity contribution in [2.24, 2.45) is 0 Å². The molecule has 2 aromatic heterocycles. The summed E-state index contributed by atoms with van der Waals surface area (Å²) in [5, 5.41) is 0. The van der Waals surface area contributed by atoms with Gasteiger partial charge in [0, 0.05) is 18.6 Å². The molecule has 0 saturated carbocycles. The molecule has 0 radical (unpaired) electrons. The first kappa shape index (κ1) is 16.7. The Labute approximate surface area is 134 Å². The van der Waals surface area contributed by atoms with Gasteiger partial charge in [0.25, 0.3) is 0 Å². The zero-order valence-electron chi connectivity index (χ0n) is 14.0. The van der Waals surface area contributed by atoms with Gasteiger partial charge in [-0.2, -0.15) is 0 Å². The third-order valence-electron chi connectivity index (χ3n) is 4.53. The Morgan fingerprint density at radius 2 is 1.68 bits per heavy atom. The highest BCUT2D eigenvalue weighted by Gasteiger charge is 2.34. The Kier molecular flexibility index (Phi) is 6.63. The predicted octanol–water partition coefficient (Wildman–Crippen LogP) is 5.18. The van der Waals surface area contributed by atoms with Crippen LogP contribution in [0.1, 0.15) is 70.9 Å². The lowest BCUT2D eigenvalue weighted by molar-refractivity contribution is 0.274. The number of hydrogen-bond acceptors (Lipinski definition) is 2. The van der Waals surface area contributed by atoms with Gasteiger partial charge >= 0.3 is 0 Å². The average molecular weight is 299 g/mol. The standard InChI is InChI=1S/C19H29N3/c1-3-5-8-12-19(13-9-6-4-2,22-16-15-20-17-22)18-11-7-10-14-21-18/h7,10-11,14-17H,3-6,8-9,12-13H2,1-2H3. The Morgan fingerprint density at radius 1 is 0.955 bits per heavy atom. The van der Waals surface area contributed by atoms with E-state index in [1.54, 1.807) is 0 Å². The van der Waals surface area contributed by atoms with Crippen LogP contribution >= 0.6 is 0 Å². The van der Waals surface area contributed by atoms with Gasteiger partial charge in [0.15, 0.2) is 0 Å². The number of hydrogen-bond donors (Lipinski definition) is 0. The largest absolute Gasteiger partial charge is 0.326 e. The first-order valence-electron chi connectivity index (χ1n) is 8.73. The lowest BCUT2D eigenvalue weighted by atomic mass is 9.83. The number of imidazole rings is 1. The van der Waals surface area contributed by atoms with E-state index in [9.17, 15) is 0 Å². The van der Waals surface area contributed by atoms with Gasteiger partial charge in [-0.25, -0.2) is 4.98 Å². The van der Waals surface area contributed by atoms with Crippen LogP contribution in [-0.2, 0) is 5.54 Å². The number of unbranched alkanes of at least 4 members (excludes halogenated alkanes) is 4. The molecule has 22 heavy (non-hydrogen) atoms. The fourth-order valence-corrected chi connectivity index (χ4v) is 3.26. The summed E-state index contributed by atoms with van der Waals surface area (Å²) in [4.78, 5) is 9.02. The van der Waals surface area contributed by atoms with Gasteiger partial charge in [0.1, 0.15) is 0 Å². The fourth-order valence-electron chi connectivity index (χ4n) is 3.26. The second-order valence-electron chi connectivity index (χ2n) is 6.13. The second kappa shape index (κ2) is 8.72. The molecule has 0 amide bonds. The molecule has 2 aromatic rings.